The van der Waals surface area contributed by atoms with E-state index in [1.54, 1.807) is 4.68 Å². The molecule has 1 unspecified atom stereocenters. The molecule has 110 valence electrons. The standard InChI is InChI=1S/C14H16N4O2S/c15-6-5-11-13(14(19)20)16-17-18(11)7-9-8-21-12-4-2-1-3-10(9)12/h1-4,9H,5-8,15H2,(H,19,20). The molecular weight excluding hydrogens is 288 g/mol. The molecule has 0 fully saturated rings. The Labute approximate surface area is 126 Å². The maximum Gasteiger partial charge on any atom is 0.358 e. The van der Waals surface area contributed by atoms with E-state index in [-0.39, 0.29) is 5.69 Å². The molecule has 3 rings (SSSR count). The van der Waals surface area contributed by atoms with Gasteiger partial charge in [-0.05, 0) is 18.2 Å². The van der Waals surface area contributed by atoms with E-state index in [1.807, 2.05) is 23.9 Å². The second-order valence-corrected chi connectivity index (χ2v) is 6.02. The van der Waals surface area contributed by atoms with E-state index in [2.05, 4.69) is 22.4 Å². The smallest absolute Gasteiger partial charge is 0.358 e. The molecule has 1 aromatic carbocycles. The quantitative estimate of drug-likeness (QED) is 0.866. The van der Waals surface area contributed by atoms with Gasteiger partial charge in [-0.15, -0.1) is 16.9 Å². The van der Waals surface area contributed by atoms with Gasteiger partial charge in [-0.3, -0.25) is 0 Å². The zero-order chi connectivity index (χ0) is 14.8. The Morgan fingerprint density at radius 2 is 2.29 bits per heavy atom. The first-order chi connectivity index (χ1) is 10.2. The van der Waals surface area contributed by atoms with Gasteiger partial charge in [0.2, 0.25) is 0 Å². The Morgan fingerprint density at radius 1 is 1.48 bits per heavy atom. The van der Waals surface area contributed by atoms with Crippen LogP contribution >= 0.6 is 11.8 Å². The number of thioether (sulfide) groups is 1. The fourth-order valence-electron chi connectivity index (χ4n) is 2.62. The van der Waals surface area contributed by atoms with Crippen LogP contribution in [0.4, 0.5) is 0 Å². The number of nitrogens with two attached hydrogens (primary N) is 1. The summed E-state index contributed by atoms with van der Waals surface area (Å²) in [7, 11) is 0. The van der Waals surface area contributed by atoms with Gasteiger partial charge >= 0.3 is 5.97 Å². The molecule has 0 saturated heterocycles. The normalized spacial score (nSPS) is 16.9. The zero-order valence-electron chi connectivity index (χ0n) is 11.4. The number of aromatic nitrogens is 3. The molecular formula is C14H16N4O2S. The summed E-state index contributed by atoms with van der Waals surface area (Å²) in [4.78, 5) is 12.5. The van der Waals surface area contributed by atoms with Crippen LogP contribution in [0.3, 0.4) is 0 Å². The highest BCUT2D eigenvalue weighted by Crippen LogP contribution is 2.40. The summed E-state index contributed by atoms with van der Waals surface area (Å²) in [6.45, 7) is 1.02. The van der Waals surface area contributed by atoms with Gasteiger partial charge < -0.3 is 10.8 Å². The van der Waals surface area contributed by atoms with Crippen LogP contribution in [0.1, 0.15) is 27.7 Å². The summed E-state index contributed by atoms with van der Waals surface area (Å²) in [5, 5.41) is 17.0. The Balaban J connectivity index is 1.87. The van der Waals surface area contributed by atoms with E-state index >= 15 is 0 Å². The molecule has 1 aliphatic rings. The highest BCUT2D eigenvalue weighted by molar-refractivity contribution is 7.99. The second kappa shape index (κ2) is 5.87. The van der Waals surface area contributed by atoms with Crippen molar-refractivity contribution >= 4 is 17.7 Å². The van der Waals surface area contributed by atoms with Crippen LogP contribution in [0, 0.1) is 0 Å². The molecule has 1 aliphatic heterocycles. The van der Waals surface area contributed by atoms with E-state index < -0.39 is 5.97 Å². The Kier molecular flexibility index (Phi) is 3.94. The van der Waals surface area contributed by atoms with Gasteiger partial charge in [0.1, 0.15) is 0 Å². The molecule has 2 heterocycles. The van der Waals surface area contributed by atoms with Crippen molar-refractivity contribution in [1.82, 2.24) is 15.0 Å². The maximum absolute atomic E-state index is 11.2. The zero-order valence-corrected chi connectivity index (χ0v) is 12.2. The minimum atomic E-state index is -1.05. The molecule has 21 heavy (non-hydrogen) atoms. The first-order valence-electron chi connectivity index (χ1n) is 6.78. The number of carboxylic acid groups (broad SMARTS) is 1. The fourth-order valence-corrected chi connectivity index (χ4v) is 3.86. The van der Waals surface area contributed by atoms with Gasteiger partial charge in [0, 0.05) is 23.0 Å². The molecule has 0 aliphatic carbocycles. The summed E-state index contributed by atoms with van der Waals surface area (Å²) in [5.74, 6) is 0.251. The second-order valence-electron chi connectivity index (χ2n) is 4.96. The lowest BCUT2D eigenvalue weighted by atomic mass is 10.0. The van der Waals surface area contributed by atoms with Crippen LogP contribution in [0.5, 0.6) is 0 Å². The number of nitrogens with zero attached hydrogens (tertiary/aromatic N) is 3. The lowest BCUT2D eigenvalue weighted by Crippen LogP contribution is -2.17. The molecule has 0 amide bonds. The first kappa shape index (κ1) is 14.1. The van der Waals surface area contributed by atoms with E-state index in [0.717, 1.165) is 5.75 Å². The van der Waals surface area contributed by atoms with Crippen LogP contribution < -0.4 is 5.73 Å². The minimum absolute atomic E-state index is 0.0133. The van der Waals surface area contributed by atoms with Crippen LogP contribution in [-0.4, -0.2) is 38.4 Å². The molecule has 0 radical (unpaired) electrons. The van der Waals surface area contributed by atoms with Crippen LogP contribution in [-0.2, 0) is 13.0 Å². The van der Waals surface area contributed by atoms with Gasteiger partial charge in [-0.2, -0.15) is 0 Å². The average Bonchev–Trinajstić information content (AvgIpc) is 3.06. The van der Waals surface area contributed by atoms with Crippen molar-refractivity contribution in [2.75, 3.05) is 12.3 Å². The maximum atomic E-state index is 11.2. The predicted octanol–water partition coefficient (Wildman–Crippen LogP) is 1.37. The first-order valence-corrected chi connectivity index (χ1v) is 7.76. The number of carboxylic acids is 1. The van der Waals surface area contributed by atoms with Gasteiger partial charge in [0.05, 0.1) is 12.2 Å². The van der Waals surface area contributed by atoms with Crippen molar-refractivity contribution in [2.24, 2.45) is 5.73 Å². The molecule has 3 N–H and O–H groups in total. The van der Waals surface area contributed by atoms with Gasteiger partial charge in [0.15, 0.2) is 5.69 Å². The lowest BCUT2D eigenvalue weighted by molar-refractivity contribution is 0.0689. The Morgan fingerprint density at radius 3 is 3.05 bits per heavy atom. The number of benzene rings is 1. The number of hydrogen-bond donors (Lipinski definition) is 2. The monoisotopic (exact) mass is 304 g/mol. The Bertz CT molecular complexity index is 671. The fraction of sp³-hybridized carbons (Fsp3) is 0.357. The van der Waals surface area contributed by atoms with E-state index in [0.29, 0.717) is 31.1 Å². The van der Waals surface area contributed by atoms with E-state index in [1.165, 1.54) is 10.5 Å². The number of aromatic carboxylic acids is 1. The van der Waals surface area contributed by atoms with Crippen molar-refractivity contribution in [3.8, 4) is 0 Å². The number of hydrogen-bond acceptors (Lipinski definition) is 5. The number of carbonyl (C=O) groups is 1. The minimum Gasteiger partial charge on any atom is -0.476 e. The van der Waals surface area contributed by atoms with Crippen molar-refractivity contribution in [3.05, 3.63) is 41.2 Å². The van der Waals surface area contributed by atoms with Crippen LogP contribution in [0.25, 0.3) is 0 Å². The third-order valence-corrected chi connectivity index (χ3v) is 4.87. The van der Waals surface area contributed by atoms with Crippen LogP contribution in [0.15, 0.2) is 29.2 Å². The van der Waals surface area contributed by atoms with Gasteiger partial charge in [0.25, 0.3) is 0 Å². The summed E-state index contributed by atoms with van der Waals surface area (Å²) in [6, 6.07) is 8.30. The summed E-state index contributed by atoms with van der Waals surface area (Å²) in [6.07, 6.45) is 0.468. The number of rotatable bonds is 5. The molecule has 7 heteroatoms. The van der Waals surface area contributed by atoms with Crippen molar-refractivity contribution in [1.29, 1.82) is 0 Å². The van der Waals surface area contributed by atoms with Crippen molar-refractivity contribution in [2.45, 2.75) is 23.8 Å². The van der Waals surface area contributed by atoms with E-state index in [4.69, 9.17) is 10.8 Å². The highest BCUT2D eigenvalue weighted by Gasteiger charge is 2.26. The number of fused-ring (bicyclic) bond motifs is 1. The lowest BCUT2D eigenvalue weighted by Gasteiger charge is -2.12. The third kappa shape index (κ3) is 2.66. The van der Waals surface area contributed by atoms with Crippen molar-refractivity contribution < 1.29 is 9.90 Å². The largest absolute Gasteiger partial charge is 0.476 e. The van der Waals surface area contributed by atoms with E-state index in [9.17, 15) is 4.79 Å². The topological polar surface area (TPSA) is 94.0 Å². The average molecular weight is 304 g/mol. The molecule has 0 spiro atoms. The van der Waals surface area contributed by atoms with Gasteiger partial charge in [-0.1, -0.05) is 23.4 Å². The van der Waals surface area contributed by atoms with Crippen molar-refractivity contribution in [3.63, 3.8) is 0 Å². The molecule has 1 atom stereocenters. The predicted molar refractivity (Wildman–Crippen MR) is 79.6 cm³/mol. The summed E-state index contributed by atoms with van der Waals surface area (Å²) >= 11 is 1.83. The molecule has 6 nitrogen and oxygen atoms in total. The van der Waals surface area contributed by atoms with Gasteiger partial charge in [-0.25, -0.2) is 9.48 Å². The summed E-state index contributed by atoms with van der Waals surface area (Å²) < 4.78 is 1.70. The third-order valence-electron chi connectivity index (χ3n) is 3.61. The highest BCUT2D eigenvalue weighted by atomic mass is 32.2. The molecule has 1 aromatic heterocycles. The molecule has 0 saturated carbocycles. The molecule has 0 bridgehead atoms. The SMILES string of the molecule is NCCc1c(C(=O)O)nnn1CC1CSc2ccccc21. The Hall–Kier alpha value is -1.86. The van der Waals surface area contributed by atoms with Crippen LogP contribution in [0.2, 0.25) is 0 Å². The molecule has 2 aromatic rings. The summed E-state index contributed by atoms with van der Waals surface area (Å²) in [5.41, 5.74) is 7.50.